The summed E-state index contributed by atoms with van der Waals surface area (Å²) in [6.07, 6.45) is 3.30. The number of nitrogen functional groups attached to an aromatic ring is 1. The molecule has 4 rings (SSSR count). The van der Waals surface area contributed by atoms with Crippen molar-refractivity contribution in [2.24, 2.45) is 0 Å². The molecule has 4 heteroatoms. The van der Waals surface area contributed by atoms with E-state index < -0.39 is 0 Å². The molecule has 1 atom stereocenters. The highest BCUT2D eigenvalue weighted by Gasteiger charge is 2.39. The lowest BCUT2D eigenvalue weighted by Gasteiger charge is -2.37. The molecule has 156 valence electrons. The third-order valence-electron chi connectivity index (χ3n) is 7.05. The van der Waals surface area contributed by atoms with Crippen molar-refractivity contribution in [2.45, 2.75) is 58.5 Å². The number of likely N-dealkylation sites (tertiary alicyclic amines) is 1. The molecule has 1 unspecified atom stereocenters. The van der Waals surface area contributed by atoms with Gasteiger partial charge in [0.2, 0.25) is 0 Å². The molecule has 0 aliphatic carbocycles. The molecule has 2 heterocycles. The second kappa shape index (κ2) is 7.56. The topological polar surface area (TPSA) is 47.7 Å². The first-order valence-corrected chi connectivity index (χ1v) is 10.7. The van der Waals surface area contributed by atoms with Crippen molar-refractivity contribution in [2.75, 3.05) is 32.5 Å². The Bertz CT molecular complexity index is 877. The monoisotopic (exact) mass is 394 g/mol. The van der Waals surface area contributed by atoms with E-state index in [0.29, 0.717) is 5.92 Å². The van der Waals surface area contributed by atoms with Crippen LogP contribution in [-0.4, -0.2) is 37.2 Å². The smallest absolute Gasteiger partial charge is 0.127 e. The number of rotatable bonds is 4. The number of benzene rings is 2. The van der Waals surface area contributed by atoms with Gasteiger partial charge in [0.15, 0.2) is 0 Å². The molecular weight excluding hydrogens is 360 g/mol. The summed E-state index contributed by atoms with van der Waals surface area (Å²) in [4.78, 5) is 2.57. The van der Waals surface area contributed by atoms with E-state index in [2.05, 4.69) is 50.8 Å². The van der Waals surface area contributed by atoms with Crippen LogP contribution in [0.1, 0.15) is 53.5 Å². The molecule has 2 aromatic rings. The van der Waals surface area contributed by atoms with Crippen LogP contribution in [0.15, 0.2) is 24.3 Å². The first-order valence-electron chi connectivity index (χ1n) is 10.7. The summed E-state index contributed by atoms with van der Waals surface area (Å²) in [7, 11) is 1.74. The van der Waals surface area contributed by atoms with E-state index >= 15 is 0 Å². The first-order chi connectivity index (χ1) is 13.8. The Labute approximate surface area is 175 Å². The normalized spacial score (nSPS) is 22.4. The Morgan fingerprint density at radius 1 is 1.14 bits per heavy atom. The Balaban J connectivity index is 1.42. The Hall–Kier alpha value is -2.20. The summed E-state index contributed by atoms with van der Waals surface area (Å²) in [5.41, 5.74) is 13.3. The second-order valence-electron chi connectivity index (χ2n) is 9.15. The van der Waals surface area contributed by atoms with E-state index in [1.54, 1.807) is 7.11 Å². The molecule has 2 aliphatic rings. The average Bonchev–Trinajstić information content (AvgIpc) is 3.09. The molecule has 0 radical (unpaired) electrons. The molecule has 0 amide bonds. The van der Waals surface area contributed by atoms with Gasteiger partial charge in [-0.25, -0.2) is 0 Å². The van der Waals surface area contributed by atoms with Gasteiger partial charge in [-0.15, -0.1) is 0 Å². The van der Waals surface area contributed by atoms with E-state index in [9.17, 15) is 0 Å². The van der Waals surface area contributed by atoms with Crippen LogP contribution < -0.4 is 15.2 Å². The van der Waals surface area contributed by atoms with Crippen LogP contribution in [-0.2, 0) is 6.42 Å². The van der Waals surface area contributed by atoms with Gasteiger partial charge in [-0.2, -0.15) is 0 Å². The maximum Gasteiger partial charge on any atom is 0.127 e. The zero-order valence-corrected chi connectivity index (χ0v) is 18.5. The molecule has 29 heavy (non-hydrogen) atoms. The number of fused-ring (bicyclic) bond motifs is 1. The highest BCUT2D eigenvalue weighted by atomic mass is 16.5. The predicted molar refractivity (Wildman–Crippen MR) is 119 cm³/mol. The Morgan fingerprint density at radius 3 is 2.55 bits per heavy atom. The number of hydrogen-bond acceptors (Lipinski definition) is 4. The van der Waals surface area contributed by atoms with E-state index in [0.717, 1.165) is 48.8 Å². The minimum absolute atomic E-state index is 0.180. The van der Waals surface area contributed by atoms with Gasteiger partial charge in [0.25, 0.3) is 0 Å². The van der Waals surface area contributed by atoms with Gasteiger partial charge in [-0.1, -0.05) is 12.1 Å². The van der Waals surface area contributed by atoms with Gasteiger partial charge in [-0.05, 0) is 93.9 Å². The lowest BCUT2D eigenvalue weighted by Crippen LogP contribution is -2.47. The van der Waals surface area contributed by atoms with Crippen LogP contribution in [0.4, 0.5) is 5.69 Å². The van der Waals surface area contributed by atoms with Gasteiger partial charge < -0.3 is 15.2 Å². The van der Waals surface area contributed by atoms with Gasteiger partial charge >= 0.3 is 0 Å². The molecule has 0 spiro atoms. The molecule has 4 nitrogen and oxygen atoms in total. The number of nitrogens with two attached hydrogens (primary N) is 1. The second-order valence-corrected chi connectivity index (χ2v) is 9.15. The third kappa shape index (κ3) is 3.71. The standard InChI is InChI=1S/C25H34N2O2/c1-16-17(2)24-22(18(3)23(16)26)14-25(4,29-24)15-27-11-9-19(10-12-27)20-7-6-8-21(13-20)28-5/h6-8,13,19H,9-12,14-15,26H2,1-5H3. The number of anilines is 1. The van der Waals surface area contributed by atoms with Crippen LogP contribution in [0.3, 0.4) is 0 Å². The summed E-state index contributed by atoms with van der Waals surface area (Å²) in [5, 5.41) is 0. The summed E-state index contributed by atoms with van der Waals surface area (Å²) in [6, 6.07) is 8.55. The fourth-order valence-corrected chi connectivity index (χ4v) is 5.10. The van der Waals surface area contributed by atoms with Crippen LogP contribution in [0.25, 0.3) is 0 Å². The van der Waals surface area contributed by atoms with E-state index in [1.807, 2.05) is 6.07 Å². The van der Waals surface area contributed by atoms with Crippen molar-refractivity contribution in [3.63, 3.8) is 0 Å². The molecule has 1 saturated heterocycles. The summed E-state index contributed by atoms with van der Waals surface area (Å²) < 4.78 is 12.0. The molecule has 0 bridgehead atoms. The van der Waals surface area contributed by atoms with Crippen LogP contribution in [0.2, 0.25) is 0 Å². The van der Waals surface area contributed by atoms with E-state index in [-0.39, 0.29) is 5.60 Å². The summed E-state index contributed by atoms with van der Waals surface area (Å²) in [6.45, 7) is 11.8. The number of piperidine rings is 1. The molecular formula is C25H34N2O2. The average molecular weight is 395 g/mol. The molecule has 0 aromatic heterocycles. The Kier molecular flexibility index (Phi) is 5.24. The van der Waals surface area contributed by atoms with Crippen molar-refractivity contribution in [3.8, 4) is 11.5 Å². The van der Waals surface area contributed by atoms with E-state index in [1.165, 1.54) is 35.1 Å². The zero-order chi connectivity index (χ0) is 20.8. The lowest BCUT2D eigenvalue weighted by atomic mass is 9.88. The summed E-state index contributed by atoms with van der Waals surface area (Å²) >= 11 is 0. The minimum Gasteiger partial charge on any atom is -0.497 e. The lowest BCUT2D eigenvalue weighted by molar-refractivity contribution is 0.0523. The third-order valence-corrected chi connectivity index (χ3v) is 7.05. The molecule has 1 fully saturated rings. The van der Waals surface area contributed by atoms with Gasteiger partial charge in [0, 0.05) is 24.2 Å². The number of hydrogen-bond donors (Lipinski definition) is 1. The first kappa shape index (κ1) is 20.1. The van der Waals surface area contributed by atoms with Crippen molar-refractivity contribution in [3.05, 3.63) is 52.1 Å². The molecule has 2 aromatic carbocycles. The minimum atomic E-state index is -0.180. The maximum absolute atomic E-state index is 6.57. The highest BCUT2D eigenvalue weighted by molar-refractivity contribution is 5.66. The summed E-state index contributed by atoms with van der Waals surface area (Å²) in [5.74, 6) is 2.64. The van der Waals surface area contributed by atoms with Crippen molar-refractivity contribution >= 4 is 5.69 Å². The van der Waals surface area contributed by atoms with Crippen LogP contribution in [0, 0.1) is 20.8 Å². The fraction of sp³-hybridized carbons (Fsp3) is 0.520. The van der Waals surface area contributed by atoms with Crippen molar-refractivity contribution in [1.82, 2.24) is 4.90 Å². The van der Waals surface area contributed by atoms with Crippen molar-refractivity contribution < 1.29 is 9.47 Å². The molecule has 0 saturated carbocycles. The zero-order valence-electron chi connectivity index (χ0n) is 18.5. The number of methoxy groups -OCH3 is 1. The van der Waals surface area contributed by atoms with Gasteiger partial charge in [0.1, 0.15) is 17.1 Å². The van der Waals surface area contributed by atoms with Crippen molar-refractivity contribution in [1.29, 1.82) is 0 Å². The number of nitrogens with zero attached hydrogens (tertiary/aromatic N) is 1. The highest BCUT2D eigenvalue weighted by Crippen LogP contribution is 2.44. The maximum atomic E-state index is 6.57. The number of ether oxygens (including phenoxy) is 2. The quantitative estimate of drug-likeness (QED) is 0.759. The fourth-order valence-electron chi connectivity index (χ4n) is 5.10. The predicted octanol–water partition coefficient (Wildman–Crippen LogP) is 4.78. The molecule has 2 N–H and O–H groups in total. The van der Waals surface area contributed by atoms with Gasteiger partial charge in [0.05, 0.1) is 7.11 Å². The Morgan fingerprint density at radius 2 is 1.86 bits per heavy atom. The largest absolute Gasteiger partial charge is 0.497 e. The van der Waals surface area contributed by atoms with Crippen LogP contribution in [0.5, 0.6) is 11.5 Å². The van der Waals surface area contributed by atoms with Crippen LogP contribution >= 0.6 is 0 Å². The SMILES string of the molecule is COc1cccc(C2CCN(CC3(C)Cc4c(C)c(N)c(C)c(C)c4O3)CC2)c1. The molecule has 2 aliphatic heterocycles. The van der Waals surface area contributed by atoms with Gasteiger partial charge in [-0.3, -0.25) is 4.90 Å². The van der Waals surface area contributed by atoms with E-state index in [4.69, 9.17) is 15.2 Å².